The van der Waals surface area contributed by atoms with Crippen LogP contribution in [0.1, 0.15) is 47.2 Å². The first-order chi connectivity index (χ1) is 30.5. The molecular weight excluding hydrogens is 751 g/mol. The van der Waals surface area contributed by atoms with Gasteiger partial charge in [0.1, 0.15) is 0 Å². The van der Waals surface area contributed by atoms with E-state index in [9.17, 15) is 0 Å². The highest BCUT2D eigenvalue weighted by molar-refractivity contribution is 5.99. The first-order valence-corrected chi connectivity index (χ1v) is 21.4. The van der Waals surface area contributed by atoms with Gasteiger partial charge in [0.25, 0.3) is 0 Å². The summed E-state index contributed by atoms with van der Waals surface area (Å²) < 4.78 is 0. The minimum Gasteiger partial charge on any atom is -0.208 e. The summed E-state index contributed by atoms with van der Waals surface area (Å²) in [5.41, 5.74) is 18.0. The molecule has 3 heteroatoms. The van der Waals surface area contributed by atoms with E-state index < -0.39 is 5.41 Å². The monoisotopic (exact) mass is 791 g/mol. The number of hydrogen-bond acceptors (Lipinski definition) is 3. The molecule has 1 heterocycles. The number of rotatable bonds is 5. The van der Waals surface area contributed by atoms with Gasteiger partial charge in [-0.15, -0.1) is 0 Å². The summed E-state index contributed by atoms with van der Waals surface area (Å²) in [6.07, 6.45) is 0. The average Bonchev–Trinajstić information content (AvgIpc) is 3.64. The van der Waals surface area contributed by atoms with Gasteiger partial charge in [-0.2, -0.15) is 0 Å². The molecule has 1 spiro atoms. The van der Waals surface area contributed by atoms with Crippen molar-refractivity contribution in [2.75, 3.05) is 0 Å². The third-order valence-electron chi connectivity index (χ3n) is 13.4. The third-order valence-corrected chi connectivity index (χ3v) is 13.4. The van der Waals surface area contributed by atoms with E-state index in [4.69, 9.17) is 15.0 Å². The van der Waals surface area contributed by atoms with E-state index in [2.05, 4.69) is 166 Å². The fourth-order valence-corrected chi connectivity index (χ4v) is 10.5. The molecule has 62 heavy (non-hydrogen) atoms. The second kappa shape index (κ2) is 13.9. The molecule has 3 nitrogen and oxygen atoms in total. The van der Waals surface area contributed by atoms with Crippen LogP contribution in [0.5, 0.6) is 0 Å². The predicted molar refractivity (Wildman–Crippen MR) is 254 cm³/mol. The first-order valence-electron chi connectivity index (χ1n) is 21.4. The van der Waals surface area contributed by atoms with Crippen molar-refractivity contribution >= 4 is 10.8 Å². The largest absolute Gasteiger partial charge is 0.208 e. The number of nitrogens with zero attached hydrogens (tertiary/aromatic N) is 3. The van der Waals surface area contributed by atoms with E-state index >= 15 is 0 Å². The fourth-order valence-electron chi connectivity index (χ4n) is 10.5. The summed E-state index contributed by atoms with van der Waals surface area (Å²) in [5.74, 6) is 1.97. The molecule has 0 bridgehead atoms. The van der Waals surface area contributed by atoms with E-state index in [-0.39, 0.29) is 5.41 Å². The van der Waals surface area contributed by atoms with Gasteiger partial charge in [0.15, 0.2) is 17.5 Å². The zero-order valence-electron chi connectivity index (χ0n) is 34.5. The number of aromatic nitrogens is 3. The molecule has 0 saturated carbocycles. The summed E-state index contributed by atoms with van der Waals surface area (Å²) in [7, 11) is 0. The Morgan fingerprint density at radius 1 is 0.290 bits per heavy atom. The van der Waals surface area contributed by atoms with Crippen LogP contribution < -0.4 is 0 Å². The van der Waals surface area contributed by atoms with Crippen LogP contribution in [-0.2, 0) is 10.8 Å². The maximum absolute atomic E-state index is 4.94. The molecular formula is C59H41N3. The van der Waals surface area contributed by atoms with Gasteiger partial charge in [-0.25, -0.2) is 15.0 Å². The molecule has 0 saturated heterocycles. The zero-order chi connectivity index (χ0) is 41.4. The van der Waals surface area contributed by atoms with Crippen molar-refractivity contribution < 1.29 is 0 Å². The molecule has 0 fully saturated rings. The molecule has 0 aliphatic heterocycles. The summed E-state index contributed by atoms with van der Waals surface area (Å²) >= 11 is 0. The standard InChI is InChI=1S/C59H41N3/c1-58(2)49-23-11-13-25-51(49)59(52-26-14-12-24-50(52)58)48-22-10-9-20-47(48)54-46(21-15-27-53(54)59)45-35-34-43-36-42(32-33-44(43)37-45)38-28-30-41(31-29-38)57-61-55(39-16-5-3-6-17-39)60-56(62-57)40-18-7-4-8-19-40/h3-37H,1-2H3. The van der Waals surface area contributed by atoms with Gasteiger partial charge in [-0.1, -0.05) is 214 Å². The highest BCUT2D eigenvalue weighted by Gasteiger charge is 2.53. The maximum Gasteiger partial charge on any atom is 0.164 e. The molecule has 10 aromatic rings. The van der Waals surface area contributed by atoms with Crippen LogP contribution in [0.2, 0.25) is 0 Å². The average molecular weight is 792 g/mol. The normalized spacial score (nSPS) is 13.9. The molecule has 0 unspecified atom stereocenters. The quantitative estimate of drug-likeness (QED) is 0.174. The van der Waals surface area contributed by atoms with Gasteiger partial charge in [0, 0.05) is 22.1 Å². The van der Waals surface area contributed by atoms with Crippen molar-refractivity contribution in [3.8, 4) is 67.5 Å². The smallest absolute Gasteiger partial charge is 0.164 e. The number of fused-ring (bicyclic) bond motifs is 10. The maximum atomic E-state index is 4.94. The Hall–Kier alpha value is -7.75. The summed E-state index contributed by atoms with van der Waals surface area (Å²) in [6.45, 7) is 4.76. The minimum absolute atomic E-state index is 0.125. The van der Waals surface area contributed by atoms with Crippen molar-refractivity contribution in [1.29, 1.82) is 0 Å². The second-order valence-electron chi connectivity index (χ2n) is 17.1. The van der Waals surface area contributed by atoms with Crippen LogP contribution in [0.3, 0.4) is 0 Å². The van der Waals surface area contributed by atoms with Gasteiger partial charge in [0.05, 0.1) is 5.41 Å². The van der Waals surface area contributed by atoms with Crippen molar-refractivity contribution in [2.24, 2.45) is 0 Å². The van der Waals surface area contributed by atoms with E-state index in [1.807, 2.05) is 60.7 Å². The van der Waals surface area contributed by atoms with Crippen LogP contribution in [0.4, 0.5) is 0 Å². The highest BCUT2D eigenvalue weighted by Crippen LogP contribution is 2.63. The Kier molecular flexibility index (Phi) is 8.10. The number of benzene rings is 9. The molecule has 0 atom stereocenters. The number of hydrogen-bond donors (Lipinski definition) is 0. The lowest BCUT2D eigenvalue weighted by atomic mass is 9.55. The molecule has 0 N–H and O–H groups in total. The van der Waals surface area contributed by atoms with Crippen molar-refractivity contribution in [3.63, 3.8) is 0 Å². The molecule has 12 rings (SSSR count). The van der Waals surface area contributed by atoms with Crippen molar-refractivity contribution in [2.45, 2.75) is 24.7 Å². The van der Waals surface area contributed by atoms with Gasteiger partial charge in [0.2, 0.25) is 0 Å². The SMILES string of the molecule is CC1(C)c2ccccc2C2(c3ccccc3-c3c(-c4ccc5cc(-c6ccc(-c7nc(-c8ccccc8)nc(-c8ccccc8)n7)cc6)ccc5c4)cccc32)c2ccccc21. The fraction of sp³-hybridized carbons (Fsp3) is 0.0678. The van der Waals surface area contributed by atoms with Gasteiger partial charge >= 0.3 is 0 Å². The summed E-state index contributed by atoms with van der Waals surface area (Å²) in [5, 5.41) is 2.42. The Balaban J connectivity index is 0.925. The van der Waals surface area contributed by atoms with E-state index in [0.717, 1.165) is 27.8 Å². The van der Waals surface area contributed by atoms with Crippen LogP contribution in [0.25, 0.3) is 78.3 Å². The predicted octanol–water partition coefficient (Wildman–Crippen LogP) is 14.4. The van der Waals surface area contributed by atoms with Crippen molar-refractivity contribution in [1.82, 2.24) is 15.0 Å². The molecule has 1 aromatic heterocycles. The van der Waals surface area contributed by atoms with Crippen LogP contribution in [-0.4, -0.2) is 15.0 Å². The lowest BCUT2D eigenvalue weighted by Crippen LogP contribution is -2.40. The Bertz CT molecular complexity index is 3260. The summed E-state index contributed by atoms with van der Waals surface area (Å²) in [6, 6.07) is 76.9. The molecule has 9 aromatic carbocycles. The van der Waals surface area contributed by atoms with Crippen LogP contribution in [0, 0.1) is 0 Å². The highest BCUT2D eigenvalue weighted by atomic mass is 15.0. The Morgan fingerprint density at radius 2 is 0.694 bits per heavy atom. The van der Waals surface area contributed by atoms with E-state index in [1.54, 1.807) is 0 Å². The van der Waals surface area contributed by atoms with Crippen LogP contribution in [0.15, 0.2) is 212 Å². The second-order valence-corrected chi connectivity index (χ2v) is 17.1. The Labute approximate surface area is 362 Å². The molecule has 0 radical (unpaired) electrons. The van der Waals surface area contributed by atoms with Gasteiger partial charge < -0.3 is 0 Å². The van der Waals surface area contributed by atoms with Gasteiger partial charge in [-0.3, -0.25) is 0 Å². The van der Waals surface area contributed by atoms with Crippen LogP contribution >= 0.6 is 0 Å². The Morgan fingerprint density at radius 3 is 1.27 bits per heavy atom. The molecule has 2 aliphatic carbocycles. The first kappa shape index (κ1) is 36.1. The van der Waals surface area contributed by atoms with Gasteiger partial charge in [-0.05, 0) is 89.7 Å². The topological polar surface area (TPSA) is 38.7 Å². The molecule has 0 amide bonds. The lowest BCUT2D eigenvalue weighted by Gasteiger charge is -2.46. The van der Waals surface area contributed by atoms with E-state index in [1.165, 1.54) is 66.4 Å². The van der Waals surface area contributed by atoms with E-state index in [0.29, 0.717) is 17.5 Å². The molecule has 2 aliphatic rings. The summed E-state index contributed by atoms with van der Waals surface area (Å²) in [4.78, 5) is 14.7. The zero-order valence-corrected chi connectivity index (χ0v) is 34.5. The third kappa shape index (κ3) is 5.41. The minimum atomic E-state index is -0.413. The lowest BCUT2D eigenvalue weighted by molar-refractivity contribution is 0.563. The van der Waals surface area contributed by atoms with Crippen molar-refractivity contribution in [3.05, 3.63) is 246 Å². The molecule has 292 valence electrons.